The summed E-state index contributed by atoms with van der Waals surface area (Å²) in [6, 6.07) is 28.7. The van der Waals surface area contributed by atoms with Gasteiger partial charge in [-0.1, -0.05) is 102 Å². The molecule has 0 spiro atoms. The second-order valence-electron chi connectivity index (χ2n) is 9.39. The number of unbranched alkanes of at least 4 members (excludes halogenated alkanes) is 1. The van der Waals surface area contributed by atoms with E-state index in [9.17, 15) is 9.59 Å². The molecular weight excluding hydrogens is 620 g/mol. The fourth-order valence-electron chi connectivity index (χ4n) is 4.44. The molecule has 1 N–H and O–H groups in total. The summed E-state index contributed by atoms with van der Waals surface area (Å²) in [7, 11) is 0. The molecule has 0 bridgehead atoms. The Morgan fingerprint density at radius 1 is 0.897 bits per heavy atom. The van der Waals surface area contributed by atoms with Crippen LogP contribution < -0.4 is 10.1 Å². The summed E-state index contributed by atoms with van der Waals surface area (Å²) in [5, 5.41) is 5.13. The van der Waals surface area contributed by atoms with Gasteiger partial charge in [0, 0.05) is 24.0 Å². The van der Waals surface area contributed by atoms with E-state index >= 15 is 0 Å². The van der Waals surface area contributed by atoms with Crippen LogP contribution in [0.2, 0.25) is 0 Å². The lowest BCUT2D eigenvalue weighted by molar-refractivity contribution is -0.142. The average Bonchev–Trinajstić information content (AvgIpc) is 2.95. The molecule has 0 aliphatic heterocycles. The van der Waals surface area contributed by atoms with E-state index in [4.69, 9.17) is 4.74 Å². The molecule has 4 rings (SSSR count). The van der Waals surface area contributed by atoms with Crippen molar-refractivity contribution in [3.8, 4) is 5.75 Å². The molecule has 39 heavy (non-hydrogen) atoms. The standard InChI is InChI=1S/C32H32Br2N2O3/c1-2-3-18-35-32(38)28(20-23-10-5-4-6-11-23)36(21-24-12-9-14-26(33)19-24)30(37)22-39-29-17-16-25-13-7-8-15-27(25)31(29)34/h4-17,19,28H,2-3,18,20-22H2,1H3,(H,35,38). The summed E-state index contributed by atoms with van der Waals surface area (Å²) in [6.07, 6.45) is 2.25. The van der Waals surface area contributed by atoms with Gasteiger partial charge in [0.2, 0.25) is 5.91 Å². The van der Waals surface area contributed by atoms with Gasteiger partial charge in [0.25, 0.3) is 5.91 Å². The molecule has 0 aliphatic rings. The lowest BCUT2D eigenvalue weighted by Gasteiger charge is -2.31. The van der Waals surface area contributed by atoms with Gasteiger partial charge in [0.05, 0.1) is 4.47 Å². The molecular formula is C32H32Br2N2O3. The lowest BCUT2D eigenvalue weighted by atomic mass is 10.0. The SMILES string of the molecule is CCCCNC(=O)C(Cc1ccccc1)N(Cc1cccc(Br)c1)C(=O)COc1ccc2ccccc2c1Br. The summed E-state index contributed by atoms with van der Waals surface area (Å²) in [4.78, 5) is 29.0. The maximum atomic E-state index is 13.8. The number of ether oxygens (including phenoxy) is 1. The highest BCUT2D eigenvalue weighted by Gasteiger charge is 2.30. The van der Waals surface area contributed by atoms with Crippen molar-refractivity contribution in [1.82, 2.24) is 10.2 Å². The van der Waals surface area contributed by atoms with Crippen LogP contribution >= 0.6 is 31.9 Å². The van der Waals surface area contributed by atoms with Crippen LogP contribution in [0.15, 0.2) is 99.9 Å². The van der Waals surface area contributed by atoms with E-state index in [1.165, 1.54) is 0 Å². The molecule has 0 heterocycles. The monoisotopic (exact) mass is 650 g/mol. The molecule has 1 atom stereocenters. The number of benzene rings is 4. The van der Waals surface area contributed by atoms with E-state index < -0.39 is 6.04 Å². The highest BCUT2D eigenvalue weighted by Crippen LogP contribution is 2.33. The Labute approximate surface area is 246 Å². The second-order valence-corrected chi connectivity index (χ2v) is 11.1. The Bertz CT molecular complexity index is 1410. The first kappa shape index (κ1) is 28.8. The third-order valence-corrected chi connectivity index (χ3v) is 7.83. The fraction of sp³-hybridized carbons (Fsp3) is 0.250. The van der Waals surface area contributed by atoms with Crippen molar-refractivity contribution in [2.24, 2.45) is 0 Å². The summed E-state index contributed by atoms with van der Waals surface area (Å²) in [5.74, 6) is 0.153. The Kier molecular flexibility index (Phi) is 10.6. The van der Waals surface area contributed by atoms with Gasteiger partial charge in [0.15, 0.2) is 6.61 Å². The van der Waals surface area contributed by atoms with Crippen molar-refractivity contribution in [2.75, 3.05) is 13.2 Å². The number of hydrogen-bond acceptors (Lipinski definition) is 3. The quantitative estimate of drug-likeness (QED) is 0.164. The summed E-state index contributed by atoms with van der Waals surface area (Å²) >= 11 is 7.17. The van der Waals surface area contributed by atoms with Crippen LogP contribution in [0.25, 0.3) is 10.8 Å². The van der Waals surface area contributed by atoms with Gasteiger partial charge in [-0.2, -0.15) is 0 Å². The van der Waals surface area contributed by atoms with Crippen molar-refractivity contribution >= 4 is 54.4 Å². The zero-order valence-electron chi connectivity index (χ0n) is 21.9. The largest absolute Gasteiger partial charge is 0.483 e. The number of nitrogens with one attached hydrogen (secondary N) is 1. The maximum Gasteiger partial charge on any atom is 0.261 e. The molecule has 7 heteroatoms. The molecule has 202 valence electrons. The highest BCUT2D eigenvalue weighted by molar-refractivity contribution is 9.11. The van der Waals surface area contributed by atoms with Crippen LogP contribution in [0.5, 0.6) is 5.75 Å². The van der Waals surface area contributed by atoms with Crippen LogP contribution in [-0.4, -0.2) is 35.9 Å². The van der Waals surface area contributed by atoms with Gasteiger partial charge in [-0.15, -0.1) is 0 Å². The zero-order valence-corrected chi connectivity index (χ0v) is 25.1. The molecule has 0 radical (unpaired) electrons. The molecule has 0 fully saturated rings. The zero-order chi connectivity index (χ0) is 27.6. The third-order valence-electron chi connectivity index (χ3n) is 6.52. The van der Waals surface area contributed by atoms with Gasteiger partial charge in [0.1, 0.15) is 11.8 Å². The number of amides is 2. The summed E-state index contributed by atoms with van der Waals surface area (Å²) in [5.41, 5.74) is 1.91. The van der Waals surface area contributed by atoms with Crippen LogP contribution in [-0.2, 0) is 22.6 Å². The highest BCUT2D eigenvalue weighted by atomic mass is 79.9. The molecule has 5 nitrogen and oxygen atoms in total. The fourth-order valence-corrected chi connectivity index (χ4v) is 5.49. The van der Waals surface area contributed by atoms with Crippen LogP contribution in [0.1, 0.15) is 30.9 Å². The minimum Gasteiger partial charge on any atom is -0.483 e. The molecule has 0 saturated heterocycles. The number of hydrogen-bond donors (Lipinski definition) is 1. The molecule has 0 saturated carbocycles. The normalized spacial score (nSPS) is 11.7. The topological polar surface area (TPSA) is 58.6 Å². The summed E-state index contributed by atoms with van der Waals surface area (Å²) in [6.45, 7) is 2.73. The van der Waals surface area contributed by atoms with Crippen molar-refractivity contribution in [1.29, 1.82) is 0 Å². The van der Waals surface area contributed by atoms with Crippen LogP contribution in [0.3, 0.4) is 0 Å². The minimum atomic E-state index is -0.695. The average molecular weight is 652 g/mol. The van der Waals surface area contributed by atoms with Gasteiger partial charge in [-0.05, 0) is 62.4 Å². The molecule has 4 aromatic rings. The van der Waals surface area contributed by atoms with Gasteiger partial charge < -0.3 is 15.0 Å². The molecule has 1 unspecified atom stereocenters. The Balaban J connectivity index is 1.62. The number of rotatable bonds is 12. The Hall–Kier alpha value is -3.16. The number of halogens is 2. The van der Waals surface area contributed by atoms with E-state index in [-0.39, 0.29) is 25.0 Å². The number of carbonyl (C=O) groups excluding carboxylic acids is 2. The second kappa shape index (κ2) is 14.3. The molecule has 4 aromatic carbocycles. The maximum absolute atomic E-state index is 13.8. The van der Waals surface area contributed by atoms with Crippen molar-refractivity contribution in [3.05, 3.63) is 111 Å². The van der Waals surface area contributed by atoms with Gasteiger partial charge in [-0.3, -0.25) is 9.59 Å². The van der Waals surface area contributed by atoms with E-state index in [1.807, 2.05) is 91.0 Å². The van der Waals surface area contributed by atoms with Crippen LogP contribution in [0, 0.1) is 0 Å². The lowest BCUT2D eigenvalue weighted by Crippen LogP contribution is -2.51. The van der Waals surface area contributed by atoms with Crippen molar-refractivity contribution < 1.29 is 14.3 Å². The number of nitrogens with zero attached hydrogens (tertiary/aromatic N) is 1. The molecule has 0 aliphatic carbocycles. The number of carbonyl (C=O) groups is 2. The first-order valence-corrected chi connectivity index (χ1v) is 14.7. The number of fused-ring (bicyclic) bond motifs is 1. The predicted octanol–water partition coefficient (Wildman–Crippen LogP) is 7.30. The van der Waals surface area contributed by atoms with Crippen molar-refractivity contribution in [3.63, 3.8) is 0 Å². The minimum absolute atomic E-state index is 0.164. The van der Waals surface area contributed by atoms with E-state index in [0.29, 0.717) is 18.7 Å². The van der Waals surface area contributed by atoms with E-state index in [1.54, 1.807) is 4.90 Å². The summed E-state index contributed by atoms with van der Waals surface area (Å²) < 4.78 is 7.76. The smallest absolute Gasteiger partial charge is 0.261 e. The Morgan fingerprint density at radius 3 is 2.41 bits per heavy atom. The van der Waals surface area contributed by atoms with Crippen molar-refractivity contribution in [2.45, 2.75) is 38.8 Å². The van der Waals surface area contributed by atoms with E-state index in [2.05, 4.69) is 44.1 Å². The first-order valence-electron chi connectivity index (χ1n) is 13.1. The third kappa shape index (κ3) is 7.93. The molecule has 2 amide bonds. The van der Waals surface area contributed by atoms with Gasteiger partial charge in [-0.25, -0.2) is 0 Å². The van der Waals surface area contributed by atoms with Gasteiger partial charge >= 0.3 is 0 Å². The molecule has 0 aromatic heterocycles. The van der Waals surface area contributed by atoms with E-state index in [0.717, 1.165) is 43.7 Å². The van der Waals surface area contributed by atoms with Crippen LogP contribution in [0.4, 0.5) is 0 Å². The predicted molar refractivity (Wildman–Crippen MR) is 164 cm³/mol. The Morgan fingerprint density at radius 2 is 1.64 bits per heavy atom. The first-order chi connectivity index (χ1) is 19.0.